The minimum Gasteiger partial charge on any atom is -0.493 e. The van der Waals surface area contributed by atoms with Crippen LogP contribution in [0.25, 0.3) is 11.0 Å². The minimum atomic E-state index is 0.608. The van der Waals surface area contributed by atoms with Crippen molar-refractivity contribution >= 4 is 27.0 Å². The first-order chi connectivity index (χ1) is 12.7. The van der Waals surface area contributed by atoms with Crippen LogP contribution in [-0.2, 0) is 13.0 Å². The second-order valence-electron chi connectivity index (χ2n) is 6.01. The standard InChI is InChI=1S/C20H24BrN3O2/c1-3-26-20-14(11-15(21)12-18(20)25-2)13-22-10-6-9-19-23-16-7-4-5-8-17(16)24-19/h4-5,7-8,11-12,22H,3,6,9-10,13H2,1-2H3,(H,23,24). The number of para-hydroxylation sites is 2. The quantitative estimate of drug-likeness (QED) is 0.504. The fourth-order valence-electron chi connectivity index (χ4n) is 2.94. The Balaban J connectivity index is 1.53. The van der Waals surface area contributed by atoms with E-state index < -0.39 is 0 Å². The molecule has 138 valence electrons. The summed E-state index contributed by atoms with van der Waals surface area (Å²) in [6, 6.07) is 12.1. The van der Waals surface area contributed by atoms with Crippen molar-refractivity contribution in [1.29, 1.82) is 0 Å². The highest BCUT2D eigenvalue weighted by molar-refractivity contribution is 9.10. The van der Waals surface area contributed by atoms with Gasteiger partial charge in [-0.2, -0.15) is 0 Å². The van der Waals surface area contributed by atoms with Crippen molar-refractivity contribution in [2.24, 2.45) is 0 Å². The van der Waals surface area contributed by atoms with Crippen molar-refractivity contribution in [3.05, 3.63) is 52.3 Å². The van der Waals surface area contributed by atoms with E-state index in [9.17, 15) is 0 Å². The van der Waals surface area contributed by atoms with Gasteiger partial charge in [-0.1, -0.05) is 28.1 Å². The van der Waals surface area contributed by atoms with Gasteiger partial charge in [0, 0.05) is 23.0 Å². The van der Waals surface area contributed by atoms with E-state index in [2.05, 4.69) is 43.3 Å². The van der Waals surface area contributed by atoms with Gasteiger partial charge in [-0.25, -0.2) is 4.98 Å². The lowest BCUT2D eigenvalue weighted by Gasteiger charge is -2.15. The SMILES string of the molecule is CCOc1c(CNCCCc2nc3ccccc3[nH]2)cc(Br)cc1OC. The third kappa shape index (κ3) is 4.56. The lowest BCUT2D eigenvalue weighted by atomic mass is 10.1. The molecule has 3 rings (SSSR count). The predicted octanol–water partition coefficient (Wildman–Crippen LogP) is 4.46. The molecule has 0 unspecified atom stereocenters. The number of hydrogen-bond acceptors (Lipinski definition) is 4. The van der Waals surface area contributed by atoms with Crippen LogP contribution in [0.3, 0.4) is 0 Å². The number of H-pyrrole nitrogens is 1. The molecule has 1 aromatic heterocycles. The Bertz CT molecular complexity index is 830. The van der Waals surface area contributed by atoms with Crippen LogP contribution in [0.1, 0.15) is 24.7 Å². The lowest BCUT2D eigenvalue weighted by Crippen LogP contribution is -2.16. The molecule has 0 saturated carbocycles. The van der Waals surface area contributed by atoms with Crippen LogP contribution in [0, 0.1) is 0 Å². The molecule has 26 heavy (non-hydrogen) atoms. The Labute approximate surface area is 162 Å². The normalized spacial score (nSPS) is 11.0. The number of aromatic nitrogens is 2. The summed E-state index contributed by atoms with van der Waals surface area (Å²) in [6.45, 7) is 4.21. The molecule has 0 bridgehead atoms. The van der Waals surface area contributed by atoms with Crippen molar-refractivity contribution in [3.8, 4) is 11.5 Å². The summed E-state index contributed by atoms with van der Waals surface area (Å²) in [5.74, 6) is 2.59. The number of fused-ring (bicyclic) bond motifs is 1. The summed E-state index contributed by atoms with van der Waals surface area (Å²) in [4.78, 5) is 7.99. The van der Waals surface area contributed by atoms with Crippen LogP contribution in [0.2, 0.25) is 0 Å². The number of rotatable bonds is 9. The maximum absolute atomic E-state index is 5.77. The van der Waals surface area contributed by atoms with Gasteiger partial charge in [0.1, 0.15) is 5.82 Å². The van der Waals surface area contributed by atoms with Crippen molar-refractivity contribution in [2.75, 3.05) is 20.3 Å². The smallest absolute Gasteiger partial charge is 0.165 e. The zero-order valence-corrected chi connectivity index (χ0v) is 16.7. The van der Waals surface area contributed by atoms with Crippen LogP contribution in [0.4, 0.5) is 0 Å². The average Bonchev–Trinajstić information content (AvgIpc) is 3.06. The first kappa shape index (κ1) is 18.7. The Kier molecular flexibility index (Phi) is 6.52. The molecule has 2 N–H and O–H groups in total. The highest BCUT2D eigenvalue weighted by Crippen LogP contribution is 2.34. The van der Waals surface area contributed by atoms with Gasteiger partial charge in [0.15, 0.2) is 11.5 Å². The van der Waals surface area contributed by atoms with E-state index in [4.69, 9.17) is 9.47 Å². The van der Waals surface area contributed by atoms with Crippen LogP contribution in [0.5, 0.6) is 11.5 Å². The van der Waals surface area contributed by atoms with Crippen LogP contribution >= 0.6 is 15.9 Å². The van der Waals surface area contributed by atoms with E-state index in [1.807, 2.05) is 31.2 Å². The molecule has 0 aliphatic heterocycles. The molecular weight excluding hydrogens is 394 g/mol. The first-order valence-corrected chi connectivity index (χ1v) is 9.64. The molecule has 6 heteroatoms. The maximum Gasteiger partial charge on any atom is 0.165 e. The zero-order chi connectivity index (χ0) is 18.4. The average molecular weight is 418 g/mol. The summed E-state index contributed by atoms with van der Waals surface area (Å²) in [6.07, 6.45) is 1.93. The number of benzene rings is 2. The number of halogens is 1. The monoisotopic (exact) mass is 417 g/mol. The summed E-state index contributed by atoms with van der Waals surface area (Å²) in [5.41, 5.74) is 3.21. The van der Waals surface area contributed by atoms with Gasteiger partial charge in [0.2, 0.25) is 0 Å². The summed E-state index contributed by atoms with van der Waals surface area (Å²) in [5, 5.41) is 3.48. The molecule has 0 saturated heterocycles. The first-order valence-electron chi connectivity index (χ1n) is 8.84. The van der Waals surface area contributed by atoms with E-state index >= 15 is 0 Å². The number of ether oxygens (including phenoxy) is 2. The third-order valence-corrected chi connectivity index (χ3v) is 4.58. The molecule has 0 atom stereocenters. The number of methoxy groups -OCH3 is 1. The second kappa shape index (κ2) is 9.05. The van der Waals surface area contributed by atoms with Crippen LogP contribution < -0.4 is 14.8 Å². The number of hydrogen-bond donors (Lipinski definition) is 2. The molecule has 0 aliphatic carbocycles. The van der Waals surface area contributed by atoms with Crippen LogP contribution in [0.15, 0.2) is 40.9 Å². The van der Waals surface area contributed by atoms with Crippen molar-refractivity contribution < 1.29 is 9.47 Å². The highest BCUT2D eigenvalue weighted by atomic mass is 79.9. The molecule has 5 nitrogen and oxygen atoms in total. The Morgan fingerprint density at radius 3 is 2.85 bits per heavy atom. The molecule has 1 heterocycles. The Morgan fingerprint density at radius 1 is 1.23 bits per heavy atom. The zero-order valence-electron chi connectivity index (χ0n) is 15.1. The fourth-order valence-corrected chi connectivity index (χ4v) is 3.43. The van der Waals surface area contributed by atoms with E-state index in [-0.39, 0.29) is 0 Å². The summed E-state index contributed by atoms with van der Waals surface area (Å²) in [7, 11) is 1.66. The molecule has 0 fully saturated rings. The fraction of sp³-hybridized carbons (Fsp3) is 0.350. The minimum absolute atomic E-state index is 0.608. The van der Waals surface area contributed by atoms with E-state index in [0.29, 0.717) is 6.61 Å². The molecular formula is C20H24BrN3O2. The van der Waals surface area contributed by atoms with Gasteiger partial charge in [0.05, 0.1) is 24.8 Å². The maximum atomic E-state index is 5.77. The Hall–Kier alpha value is -2.05. The van der Waals surface area contributed by atoms with Crippen molar-refractivity contribution in [1.82, 2.24) is 15.3 Å². The molecule has 3 aromatic rings. The van der Waals surface area contributed by atoms with Gasteiger partial charge < -0.3 is 19.8 Å². The summed E-state index contributed by atoms with van der Waals surface area (Å²) >= 11 is 3.53. The number of nitrogens with one attached hydrogen (secondary N) is 2. The second-order valence-corrected chi connectivity index (χ2v) is 6.93. The van der Waals surface area contributed by atoms with Crippen molar-refractivity contribution in [3.63, 3.8) is 0 Å². The number of aryl methyl sites for hydroxylation is 1. The van der Waals surface area contributed by atoms with Crippen molar-refractivity contribution in [2.45, 2.75) is 26.3 Å². The van der Waals surface area contributed by atoms with Crippen LogP contribution in [-0.4, -0.2) is 30.2 Å². The Morgan fingerprint density at radius 2 is 2.08 bits per heavy atom. The van der Waals surface area contributed by atoms with E-state index in [1.54, 1.807) is 7.11 Å². The van der Waals surface area contributed by atoms with Gasteiger partial charge >= 0.3 is 0 Å². The van der Waals surface area contributed by atoms with Gasteiger partial charge in [-0.15, -0.1) is 0 Å². The van der Waals surface area contributed by atoms with E-state index in [1.165, 1.54) is 0 Å². The lowest BCUT2D eigenvalue weighted by molar-refractivity contribution is 0.306. The molecule has 0 amide bonds. The van der Waals surface area contributed by atoms with Gasteiger partial charge in [-0.3, -0.25) is 0 Å². The predicted molar refractivity (Wildman–Crippen MR) is 108 cm³/mol. The van der Waals surface area contributed by atoms with E-state index in [0.717, 1.165) is 64.3 Å². The number of aromatic amines is 1. The van der Waals surface area contributed by atoms with Gasteiger partial charge in [0.25, 0.3) is 0 Å². The van der Waals surface area contributed by atoms with Gasteiger partial charge in [-0.05, 0) is 44.2 Å². The molecule has 0 radical (unpaired) electrons. The largest absolute Gasteiger partial charge is 0.493 e. The number of nitrogens with zero attached hydrogens (tertiary/aromatic N) is 1. The molecule has 2 aromatic carbocycles. The topological polar surface area (TPSA) is 59.2 Å². The highest BCUT2D eigenvalue weighted by Gasteiger charge is 2.12. The summed E-state index contributed by atoms with van der Waals surface area (Å²) < 4.78 is 12.2. The number of imidazole rings is 1. The molecule has 0 spiro atoms. The molecule has 0 aliphatic rings. The third-order valence-electron chi connectivity index (χ3n) is 4.13.